The summed E-state index contributed by atoms with van der Waals surface area (Å²) in [6, 6.07) is 17.2. The molecule has 0 aliphatic rings. The molecule has 0 saturated heterocycles. The molecule has 108 valence electrons. The molecular formula is C18H19BrN2. The van der Waals surface area contributed by atoms with E-state index in [4.69, 9.17) is 5.73 Å². The average molecular weight is 343 g/mol. The van der Waals surface area contributed by atoms with Crippen molar-refractivity contribution in [3.8, 4) is 0 Å². The Morgan fingerprint density at radius 1 is 1.05 bits per heavy atom. The van der Waals surface area contributed by atoms with Crippen LogP contribution >= 0.6 is 15.9 Å². The van der Waals surface area contributed by atoms with E-state index >= 15 is 0 Å². The van der Waals surface area contributed by atoms with Crippen LogP contribution < -0.4 is 5.73 Å². The summed E-state index contributed by atoms with van der Waals surface area (Å²) in [5.41, 5.74) is 9.89. The second-order valence-corrected chi connectivity index (χ2v) is 6.43. The number of rotatable bonds is 4. The summed E-state index contributed by atoms with van der Waals surface area (Å²) >= 11 is 3.63. The van der Waals surface area contributed by atoms with E-state index in [2.05, 4.69) is 76.1 Å². The zero-order chi connectivity index (χ0) is 14.8. The number of para-hydroxylation sites is 1. The fraction of sp³-hybridized carbons (Fsp3) is 0.222. The lowest BCUT2D eigenvalue weighted by Gasteiger charge is -2.12. The van der Waals surface area contributed by atoms with Crippen molar-refractivity contribution < 1.29 is 0 Å². The van der Waals surface area contributed by atoms with Gasteiger partial charge in [0, 0.05) is 23.3 Å². The molecular weight excluding hydrogens is 324 g/mol. The van der Waals surface area contributed by atoms with Gasteiger partial charge in [0.1, 0.15) is 0 Å². The standard InChI is InChI=1S/C18H19BrN2/c1-13(20)11-15-7-4-6-14-9-10-21(18(14)15)12-16-5-2-3-8-17(16)19/h2-10,13H,11-12,20H2,1H3. The van der Waals surface area contributed by atoms with Gasteiger partial charge in [-0.15, -0.1) is 0 Å². The van der Waals surface area contributed by atoms with Crippen molar-refractivity contribution >= 4 is 26.8 Å². The quantitative estimate of drug-likeness (QED) is 0.751. The summed E-state index contributed by atoms with van der Waals surface area (Å²) in [7, 11) is 0. The summed E-state index contributed by atoms with van der Waals surface area (Å²) < 4.78 is 3.46. The molecule has 21 heavy (non-hydrogen) atoms. The third-order valence-electron chi connectivity index (χ3n) is 3.71. The summed E-state index contributed by atoms with van der Waals surface area (Å²) in [5, 5.41) is 1.28. The minimum atomic E-state index is 0.169. The van der Waals surface area contributed by atoms with E-state index in [9.17, 15) is 0 Å². The average Bonchev–Trinajstić information content (AvgIpc) is 2.85. The SMILES string of the molecule is CC(N)Cc1cccc2ccn(Cc3ccccc3Br)c12. The van der Waals surface area contributed by atoms with Crippen molar-refractivity contribution in [2.45, 2.75) is 25.9 Å². The van der Waals surface area contributed by atoms with E-state index in [1.165, 1.54) is 22.0 Å². The van der Waals surface area contributed by atoms with Crippen LogP contribution in [0.5, 0.6) is 0 Å². The molecule has 0 fully saturated rings. The molecule has 0 aliphatic carbocycles. The second-order valence-electron chi connectivity index (χ2n) is 5.57. The van der Waals surface area contributed by atoms with Crippen LogP contribution in [0.3, 0.4) is 0 Å². The molecule has 1 heterocycles. The minimum Gasteiger partial charge on any atom is -0.343 e. The molecule has 3 rings (SSSR count). The highest BCUT2D eigenvalue weighted by Crippen LogP contribution is 2.24. The van der Waals surface area contributed by atoms with E-state index in [0.717, 1.165) is 17.4 Å². The van der Waals surface area contributed by atoms with E-state index in [1.807, 2.05) is 6.07 Å². The summed E-state index contributed by atoms with van der Waals surface area (Å²) in [6.07, 6.45) is 3.06. The largest absolute Gasteiger partial charge is 0.343 e. The number of halogens is 1. The van der Waals surface area contributed by atoms with Gasteiger partial charge in [0.25, 0.3) is 0 Å². The molecule has 2 aromatic carbocycles. The van der Waals surface area contributed by atoms with Gasteiger partial charge in [0.15, 0.2) is 0 Å². The fourth-order valence-corrected chi connectivity index (χ4v) is 3.20. The number of benzene rings is 2. The first-order valence-electron chi connectivity index (χ1n) is 7.21. The zero-order valence-corrected chi connectivity index (χ0v) is 13.7. The maximum Gasteiger partial charge on any atom is 0.0516 e. The summed E-state index contributed by atoms with van der Waals surface area (Å²) in [6.45, 7) is 2.92. The summed E-state index contributed by atoms with van der Waals surface area (Å²) in [4.78, 5) is 0. The maximum atomic E-state index is 5.99. The molecule has 1 atom stereocenters. The Balaban J connectivity index is 2.05. The number of nitrogens with two attached hydrogens (primary N) is 1. The first-order valence-corrected chi connectivity index (χ1v) is 8.00. The van der Waals surface area contributed by atoms with Gasteiger partial charge in [-0.25, -0.2) is 0 Å². The van der Waals surface area contributed by atoms with Crippen LogP contribution in [0.1, 0.15) is 18.1 Å². The monoisotopic (exact) mass is 342 g/mol. The van der Waals surface area contributed by atoms with Gasteiger partial charge in [-0.05, 0) is 42.0 Å². The maximum absolute atomic E-state index is 5.99. The van der Waals surface area contributed by atoms with Crippen molar-refractivity contribution in [2.24, 2.45) is 5.73 Å². The Morgan fingerprint density at radius 2 is 1.81 bits per heavy atom. The lowest BCUT2D eigenvalue weighted by atomic mass is 10.0. The topological polar surface area (TPSA) is 30.9 Å². The number of fused-ring (bicyclic) bond motifs is 1. The van der Waals surface area contributed by atoms with Gasteiger partial charge in [-0.3, -0.25) is 0 Å². The van der Waals surface area contributed by atoms with Crippen LogP contribution in [-0.2, 0) is 13.0 Å². The number of hydrogen-bond donors (Lipinski definition) is 1. The summed E-state index contributed by atoms with van der Waals surface area (Å²) in [5.74, 6) is 0. The van der Waals surface area contributed by atoms with Crippen molar-refractivity contribution in [3.63, 3.8) is 0 Å². The van der Waals surface area contributed by atoms with Crippen LogP contribution in [0, 0.1) is 0 Å². The fourth-order valence-electron chi connectivity index (χ4n) is 2.79. The molecule has 1 aromatic heterocycles. The predicted octanol–water partition coefficient (Wildman–Crippen LogP) is 4.34. The Hall–Kier alpha value is -1.58. The smallest absolute Gasteiger partial charge is 0.0516 e. The van der Waals surface area contributed by atoms with Gasteiger partial charge in [0.2, 0.25) is 0 Å². The minimum absolute atomic E-state index is 0.169. The molecule has 3 aromatic rings. The number of hydrogen-bond acceptors (Lipinski definition) is 1. The number of nitrogens with zero attached hydrogens (tertiary/aromatic N) is 1. The van der Waals surface area contributed by atoms with Gasteiger partial charge < -0.3 is 10.3 Å². The first-order chi connectivity index (χ1) is 10.1. The van der Waals surface area contributed by atoms with E-state index in [-0.39, 0.29) is 6.04 Å². The molecule has 2 nitrogen and oxygen atoms in total. The first kappa shape index (κ1) is 14.4. The molecule has 0 radical (unpaired) electrons. The van der Waals surface area contributed by atoms with Crippen molar-refractivity contribution in [2.75, 3.05) is 0 Å². The Labute approximate surface area is 133 Å². The van der Waals surface area contributed by atoms with E-state index in [1.54, 1.807) is 0 Å². The third kappa shape index (κ3) is 3.04. The predicted molar refractivity (Wildman–Crippen MR) is 92.5 cm³/mol. The molecule has 3 heteroatoms. The molecule has 0 aliphatic heterocycles. The van der Waals surface area contributed by atoms with Crippen LogP contribution in [0.2, 0.25) is 0 Å². The van der Waals surface area contributed by atoms with Crippen LogP contribution in [0.25, 0.3) is 10.9 Å². The zero-order valence-electron chi connectivity index (χ0n) is 12.1. The van der Waals surface area contributed by atoms with Gasteiger partial charge in [-0.2, -0.15) is 0 Å². The van der Waals surface area contributed by atoms with Crippen molar-refractivity contribution in [1.29, 1.82) is 0 Å². The Morgan fingerprint density at radius 3 is 2.57 bits per heavy atom. The highest BCUT2D eigenvalue weighted by Gasteiger charge is 2.09. The molecule has 2 N–H and O–H groups in total. The highest BCUT2D eigenvalue weighted by molar-refractivity contribution is 9.10. The highest BCUT2D eigenvalue weighted by atomic mass is 79.9. The molecule has 0 spiro atoms. The van der Waals surface area contributed by atoms with Crippen molar-refractivity contribution in [3.05, 3.63) is 70.3 Å². The van der Waals surface area contributed by atoms with Gasteiger partial charge in [-0.1, -0.05) is 52.3 Å². The van der Waals surface area contributed by atoms with Crippen molar-refractivity contribution in [1.82, 2.24) is 4.57 Å². The Bertz CT molecular complexity index is 759. The molecule has 0 saturated carbocycles. The molecule has 0 bridgehead atoms. The van der Waals surface area contributed by atoms with E-state index < -0.39 is 0 Å². The second kappa shape index (κ2) is 6.04. The molecule has 0 amide bonds. The van der Waals surface area contributed by atoms with Gasteiger partial charge >= 0.3 is 0 Å². The van der Waals surface area contributed by atoms with Gasteiger partial charge in [0.05, 0.1) is 5.52 Å². The lowest BCUT2D eigenvalue weighted by molar-refractivity contribution is 0.734. The third-order valence-corrected chi connectivity index (χ3v) is 4.49. The number of aromatic nitrogens is 1. The van der Waals surface area contributed by atoms with Crippen LogP contribution in [0.4, 0.5) is 0 Å². The normalized spacial score (nSPS) is 12.7. The van der Waals surface area contributed by atoms with E-state index in [0.29, 0.717) is 0 Å². The Kier molecular flexibility index (Phi) is 4.13. The molecule has 1 unspecified atom stereocenters. The lowest BCUT2D eigenvalue weighted by Crippen LogP contribution is -2.18. The van der Waals surface area contributed by atoms with Crippen LogP contribution in [0.15, 0.2) is 59.2 Å². The van der Waals surface area contributed by atoms with Crippen LogP contribution in [-0.4, -0.2) is 10.6 Å².